The number of β-lactam (4-membered cyclic amide) rings is 1. The molecule has 0 bridgehead atoms. The zero-order valence-electron chi connectivity index (χ0n) is 14.0. The van der Waals surface area contributed by atoms with Crippen LogP contribution in [-0.2, 0) is 9.59 Å². The van der Waals surface area contributed by atoms with Gasteiger partial charge in [-0.1, -0.05) is 30.1 Å². The minimum absolute atomic E-state index is 0.0455. The van der Waals surface area contributed by atoms with E-state index in [4.69, 9.17) is 23.2 Å². The van der Waals surface area contributed by atoms with Crippen LogP contribution in [0.3, 0.4) is 0 Å². The summed E-state index contributed by atoms with van der Waals surface area (Å²) in [6.07, 6.45) is -0.795. The van der Waals surface area contributed by atoms with Gasteiger partial charge in [0.2, 0.25) is 5.91 Å². The smallest absolute Gasteiger partial charge is 0.353 e. The molecule has 0 spiro atoms. The molecular formula is C17H17Cl2NO4S2. The molecule has 2 aliphatic heterocycles. The van der Waals surface area contributed by atoms with Gasteiger partial charge in [-0.2, -0.15) is 0 Å². The summed E-state index contributed by atoms with van der Waals surface area (Å²) in [6, 6.07) is 5.05. The van der Waals surface area contributed by atoms with E-state index < -0.39 is 18.0 Å². The van der Waals surface area contributed by atoms with Crippen LogP contribution in [0.1, 0.15) is 13.8 Å². The molecule has 0 aliphatic carbocycles. The number of thioether (sulfide) groups is 2. The number of amides is 1. The maximum absolute atomic E-state index is 12.3. The van der Waals surface area contributed by atoms with Crippen molar-refractivity contribution < 1.29 is 19.8 Å². The zero-order valence-corrected chi connectivity index (χ0v) is 17.1. The van der Waals surface area contributed by atoms with Crippen molar-refractivity contribution in [3.8, 4) is 0 Å². The molecule has 2 aliphatic rings. The lowest BCUT2D eigenvalue weighted by Gasteiger charge is -2.46. The number of nitrogens with zero attached hydrogens (tertiary/aromatic N) is 1. The molecule has 2 heterocycles. The van der Waals surface area contributed by atoms with Crippen molar-refractivity contribution in [1.82, 2.24) is 4.90 Å². The quantitative estimate of drug-likeness (QED) is 0.401. The van der Waals surface area contributed by atoms with Crippen LogP contribution >= 0.6 is 46.7 Å². The molecule has 2 N–H and O–H groups in total. The number of aliphatic hydroxyl groups is 1. The predicted octanol–water partition coefficient (Wildman–Crippen LogP) is 3.93. The lowest BCUT2D eigenvalue weighted by Crippen LogP contribution is -2.63. The topological polar surface area (TPSA) is 77.8 Å². The molecule has 3 rings (SSSR count). The highest BCUT2D eigenvalue weighted by atomic mass is 35.5. The highest BCUT2D eigenvalue weighted by Gasteiger charge is 2.59. The molecule has 0 radical (unpaired) electrons. The Hall–Kier alpha value is -0.860. The fraction of sp³-hybridized carbons (Fsp3) is 0.412. The minimum Gasteiger partial charge on any atom is -0.477 e. The highest BCUT2D eigenvalue weighted by Crippen LogP contribution is 2.51. The molecular weight excluding hydrogens is 417 g/mol. The van der Waals surface area contributed by atoms with Gasteiger partial charge >= 0.3 is 5.97 Å². The number of aliphatic hydroxyl groups excluding tert-OH is 1. The van der Waals surface area contributed by atoms with Crippen LogP contribution in [0.2, 0.25) is 10.0 Å². The molecule has 1 aromatic rings. The fourth-order valence-electron chi connectivity index (χ4n) is 3.44. The first-order chi connectivity index (χ1) is 12.2. The number of hydrogen-bond acceptors (Lipinski definition) is 5. The summed E-state index contributed by atoms with van der Waals surface area (Å²) >= 11 is 14.8. The van der Waals surface area contributed by atoms with Crippen LogP contribution in [0.15, 0.2) is 33.7 Å². The number of carboxylic acid groups (broad SMARTS) is 1. The van der Waals surface area contributed by atoms with Crippen LogP contribution in [0, 0.1) is 11.8 Å². The minimum atomic E-state index is -1.11. The third-order valence-corrected chi connectivity index (χ3v) is 7.79. The summed E-state index contributed by atoms with van der Waals surface area (Å²) in [5, 5.41) is 20.9. The molecule has 26 heavy (non-hydrogen) atoms. The van der Waals surface area contributed by atoms with E-state index in [9.17, 15) is 19.8 Å². The van der Waals surface area contributed by atoms with Crippen molar-refractivity contribution in [1.29, 1.82) is 0 Å². The third kappa shape index (κ3) is 3.36. The van der Waals surface area contributed by atoms with Gasteiger partial charge in [0.05, 0.1) is 28.1 Å². The van der Waals surface area contributed by atoms with E-state index in [0.29, 0.717) is 20.0 Å². The van der Waals surface area contributed by atoms with Crippen LogP contribution in [0.4, 0.5) is 0 Å². The molecule has 1 amide bonds. The SMILES string of the molecule is C[C@@H](O)[C@@H]1C(=O)N2C(C(=O)O)=C(SCSc3ccc(Cl)c(Cl)c3)[C@H](C)[C@H]12. The third-order valence-electron chi connectivity index (χ3n) is 4.64. The number of rotatable bonds is 6. The Morgan fingerprint density at radius 1 is 1.31 bits per heavy atom. The summed E-state index contributed by atoms with van der Waals surface area (Å²) < 4.78 is 0. The first-order valence-corrected chi connectivity index (χ1v) is 10.7. The number of carbonyl (C=O) groups is 2. The molecule has 0 saturated carbocycles. The summed E-state index contributed by atoms with van der Waals surface area (Å²) in [5.74, 6) is -2.10. The van der Waals surface area contributed by atoms with Gasteiger partial charge in [-0.05, 0) is 25.1 Å². The fourth-order valence-corrected chi connectivity index (χ4v) is 6.18. The molecule has 9 heteroatoms. The maximum Gasteiger partial charge on any atom is 0.353 e. The van der Waals surface area contributed by atoms with Gasteiger partial charge in [0, 0.05) is 20.8 Å². The molecule has 140 valence electrons. The summed E-state index contributed by atoms with van der Waals surface area (Å²) in [4.78, 5) is 26.9. The van der Waals surface area contributed by atoms with Gasteiger partial charge in [0.15, 0.2) is 0 Å². The second-order valence-corrected chi connectivity index (χ2v) is 9.50. The monoisotopic (exact) mass is 433 g/mol. The summed E-state index contributed by atoms with van der Waals surface area (Å²) in [7, 11) is 0. The predicted molar refractivity (Wildman–Crippen MR) is 104 cm³/mol. The van der Waals surface area contributed by atoms with Gasteiger partial charge in [0.1, 0.15) is 5.70 Å². The molecule has 1 saturated heterocycles. The average Bonchev–Trinajstić information content (AvgIpc) is 2.80. The Morgan fingerprint density at radius 2 is 2.00 bits per heavy atom. The van der Waals surface area contributed by atoms with Crippen molar-refractivity contribution in [2.75, 3.05) is 5.08 Å². The lowest BCUT2D eigenvalue weighted by molar-refractivity contribution is -0.163. The zero-order chi connectivity index (χ0) is 19.2. The van der Waals surface area contributed by atoms with Crippen LogP contribution in [0.25, 0.3) is 0 Å². The Kier molecular flexibility index (Phi) is 5.84. The number of carboxylic acids is 1. The van der Waals surface area contributed by atoms with Gasteiger partial charge in [-0.15, -0.1) is 23.5 Å². The van der Waals surface area contributed by atoms with Crippen LogP contribution in [-0.4, -0.2) is 44.2 Å². The van der Waals surface area contributed by atoms with Gasteiger partial charge < -0.3 is 15.1 Å². The van der Waals surface area contributed by atoms with Gasteiger partial charge in [-0.25, -0.2) is 4.79 Å². The normalized spacial score (nSPS) is 26.0. The number of halogens is 2. The van der Waals surface area contributed by atoms with Crippen LogP contribution < -0.4 is 0 Å². The number of hydrogen-bond donors (Lipinski definition) is 2. The highest BCUT2D eigenvalue weighted by molar-refractivity contribution is 8.17. The first kappa shape index (κ1) is 19.9. The van der Waals surface area contributed by atoms with Crippen molar-refractivity contribution in [3.63, 3.8) is 0 Å². The second kappa shape index (κ2) is 7.64. The number of fused-ring (bicyclic) bond motifs is 1. The molecule has 0 unspecified atom stereocenters. The van der Waals surface area contributed by atoms with E-state index in [1.807, 2.05) is 13.0 Å². The Labute approximate surface area is 169 Å². The second-order valence-electron chi connectivity index (χ2n) is 6.25. The molecule has 1 fully saturated rings. The summed E-state index contributed by atoms with van der Waals surface area (Å²) in [6.45, 7) is 3.47. The van der Waals surface area contributed by atoms with Crippen molar-refractivity contribution in [3.05, 3.63) is 38.8 Å². The summed E-state index contributed by atoms with van der Waals surface area (Å²) in [5.41, 5.74) is 0.0455. The number of carbonyl (C=O) groups excluding carboxylic acids is 1. The van der Waals surface area contributed by atoms with Crippen molar-refractivity contribution >= 4 is 58.6 Å². The van der Waals surface area contributed by atoms with Crippen LogP contribution in [0.5, 0.6) is 0 Å². The van der Waals surface area contributed by atoms with E-state index in [-0.39, 0.29) is 23.6 Å². The Balaban J connectivity index is 1.74. The molecule has 1 aromatic carbocycles. The lowest BCUT2D eigenvalue weighted by atomic mass is 9.79. The Bertz CT molecular complexity index is 799. The van der Waals surface area contributed by atoms with E-state index in [1.54, 1.807) is 19.1 Å². The first-order valence-electron chi connectivity index (χ1n) is 7.93. The molecule has 4 atom stereocenters. The maximum atomic E-state index is 12.3. The van der Waals surface area contributed by atoms with E-state index >= 15 is 0 Å². The molecule has 0 aromatic heterocycles. The molecule has 5 nitrogen and oxygen atoms in total. The Morgan fingerprint density at radius 3 is 2.58 bits per heavy atom. The largest absolute Gasteiger partial charge is 0.477 e. The van der Waals surface area contributed by atoms with Gasteiger partial charge in [-0.3, -0.25) is 4.79 Å². The van der Waals surface area contributed by atoms with Crippen molar-refractivity contribution in [2.45, 2.75) is 30.9 Å². The average molecular weight is 434 g/mol. The van der Waals surface area contributed by atoms with E-state index in [2.05, 4.69) is 0 Å². The number of benzene rings is 1. The van der Waals surface area contributed by atoms with Gasteiger partial charge in [0.25, 0.3) is 0 Å². The van der Waals surface area contributed by atoms with E-state index in [1.165, 1.54) is 28.4 Å². The van der Waals surface area contributed by atoms with Crippen molar-refractivity contribution in [2.24, 2.45) is 11.8 Å². The van der Waals surface area contributed by atoms with E-state index in [0.717, 1.165) is 4.90 Å². The standard InChI is InChI=1S/C17H17Cl2NO4S2/c1-7-13-12(8(2)21)16(22)20(13)14(17(23)24)15(7)26-6-25-9-3-4-10(18)11(19)5-9/h3-5,7-8,12-13,21H,6H2,1-2H3,(H,23,24)/t7-,8-,12+,13-/m1/s1. The number of aliphatic carboxylic acids is 1.